The van der Waals surface area contributed by atoms with Crippen LogP contribution in [0, 0.1) is 0 Å². The lowest BCUT2D eigenvalue weighted by Crippen LogP contribution is -2.36. The van der Waals surface area contributed by atoms with Crippen molar-refractivity contribution in [2.75, 3.05) is 32.2 Å². The highest BCUT2D eigenvalue weighted by Gasteiger charge is 2.26. The number of hydrogen-bond donors (Lipinski definition) is 0. The first-order valence-corrected chi connectivity index (χ1v) is 9.05. The first-order valence-electron chi connectivity index (χ1n) is 9.05. The Morgan fingerprint density at radius 3 is 2.43 bits per heavy atom. The van der Waals surface area contributed by atoms with Crippen LogP contribution in [0.4, 0.5) is 5.95 Å². The molecule has 0 aromatic carbocycles. The number of nitrogens with zero attached hydrogens (tertiary/aromatic N) is 8. The van der Waals surface area contributed by atoms with Crippen molar-refractivity contribution in [3.63, 3.8) is 0 Å². The molecule has 28 heavy (non-hydrogen) atoms. The van der Waals surface area contributed by atoms with Gasteiger partial charge >= 0.3 is 12.0 Å². The zero-order valence-corrected chi connectivity index (χ0v) is 16.1. The van der Waals surface area contributed by atoms with E-state index in [-0.39, 0.29) is 17.9 Å². The van der Waals surface area contributed by atoms with E-state index in [1.807, 2.05) is 17.8 Å². The van der Waals surface area contributed by atoms with Gasteiger partial charge in [0.2, 0.25) is 5.95 Å². The minimum Gasteiger partial charge on any atom is -0.467 e. The molecule has 146 valence electrons. The predicted octanol–water partition coefficient (Wildman–Crippen LogP) is 1.46. The molecule has 1 atom stereocenters. The second kappa shape index (κ2) is 7.75. The van der Waals surface area contributed by atoms with E-state index in [1.54, 1.807) is 18.7 Å². The number of imidazole rings is 1. The summed E-state index contributed by atoms with van der Waals surface area (Å²) in [6.45, 7) is 1.58. The zero-order chi connectivity index (χ0) is 19.5. The van der Waals surface area contributed by atoms with Gasteiger partial charge in [0.25, 0.3) is 0 Å². The van der Waals surface area contributed by atoms with Crippen molar-refractivity contribution in [2.24, 2.45) is 7.05 Å². The van der Waals surface area contributed by atoms with E-state index in [9.17, 15) is 0 Å². The van der Waals surface area contributed by atoms with Crippen LogP contribution in [0.5, 0.6) is 12.0 Å². The Morgan fingerprint density at radius 1 is 0.964 bits per heavy atom. The van der Waals surface area contributed by atoms with Gasteiger partial charge in [-0.1, -0.05) is 0 Å². The molecule has 10 nitrogen and oxygen atoms in total. The van der Waals surface area contributed by atoms with Gasteiger partial charge in [0.05, 0.1) is 44.3 Å². The molecule has 0 bridgehead atoms. The van der Waals surface area contributed by atoms with E-state index >= 15 is 0 Å². The van der Waals surface area contributed by atoms with Crippen molar-refractivity contribution in [1.82, 2.24) is 34.5 Å². The Labute approximate surface area is 162 Å². The van der Waals surface area contributed by atoms with Gasteiger partial charge in [-0.15, -0.1) is 4.98 Å². The minimum absolute atomic E-state index is 0.225. The summed E-state index contributed by atoms with van der Waals surface area (Å²) in [5.74, 6) is 0.771. The highest BCUT2D eigenvalue weighted by molar-refractivity contribution is 5.52. The van der Waals surface area contributed by atoms with Gasteiger partial charge < -0.3 is 18.9 Å². The first kappa shape index (κ1) is 18.1. The van der Waals surface area contributed by atoms with Crippen LogP contribution in [-0.2, 0) is 7.05 Å². The maximum Gasteiger partial charge on any atom is 0.324 e. The topological polar surface area (TPSA) is 104 Å². The molecule has 1 unspecified atom stereocenters. The summed E-state index contributed by atoms with van der Waals surface area (Å²) in [7, 11) is 4.99. The Kier molecular flexibility index (Phi) is 5.00. The summed E-state index contributed by atoms with van der Waals surface area (Å²) < 4.78 is 12.3. The fourth-order valence-corrected chi connectivity index (χ4v) is 3.36. The standard InChI is InChI=1S/C18H22N8O2/c1-25-11-20-9-15(25)14-8-19-7-13(21-14)12-5-4-6-26(10-12)16-22-17(27-2)24-18(23-16)28-3/h7-9,11-12H,4-6,10H2,1-3H3. The van der Waals surface area contributed by atoms with Crippen molar-refractivity contribution < 1.29 is 9.47 Å². The molecule has 0 amide bonds. The average molecular weight is 382 g/mol. The Morgan fingerprint density at radius 2 is 1.75 bits per heavy atom. The largest absolute Gasteiger partial charge is 0.467 e. The molecule has 3 aromatic rings. The number of aryl methyl sites for hydroxylation is 1. The average Bonchev–Trinajstić information content (AvgIpc) is 3.19. The highest BCUT2D eigenvalue weighted by Crippen LogP contribution is 2.29. The minimum atomic E-state index is 0.225. The third kappa shape index (κ3) is 3.57. The van der Waals surface area contributed by atoms with Crippen molar-refractivity contribution in [3.05, 3.63) is 30.6 Å². The normalized spacial score (nSPS) is 16.8. The van der Waals surface area contributed by atoms with Gasteiger partial charge in [-0.3, -0.25) is 4.98 Å². The lowest BCUT2D eigenvalue weighted by Gasteiger charge is -2.32. The van der Waals surface area contributed by atoms with Gasteiger partial charge in [-0.25, -0.2) is 9.97 Å². The monoisotopic (exact) mass is 382 g/mol. The third-order valence-corrected chi connectivity index (χ3v) is 4.80. The second-order valence-electron chi connectivity index (χ2n) is 6.61. The molecule has 4 heterocycles. The van der Waals surface area contributed by atoms with Crippen LogP contribution in [0.3, 0.4) is 0 Å². The summed E-state index contributed by atoms with van der Waals surface area (Å²) in [6, 6.07) is 0.476. The van der Waals surface area contributed by atoms with Crippen LogP contribution < -0.4 is 14.4 Å². The van der Waals surface area contributed by atoms with E-state index in [0.717, 1.165) is 43.0 Å². The number of anilines is 1. The number of rotatable bonds is 5. The summed E-state index contributed by atoms with van der Waals surface area (Å²) in [5, 5.41) is 0. The lowest BCUT2D eigenvalue weighted by atomic mass is 9.95. The van der Waals surface area contributed by atoms with Gasteiger partial charge in [-0.05, 0) is 12.8 Å². The molecule has 3 aromatic heterocycles. The van der Waals surface area contributed by atoms with E-state index in [0.29, 0.717) is 5.95 Å². The Balaban J connectivity index is 1.59. The molecule has 1 fully saturated rings. The van der Waals surface area contributed by atoms with Crippen molar-refractivity contribution >= 4 is 5.95 Å². The third-order valence-electron chi connectivity index (χ3n) is 4.80. The number of ether oxygens (including phenoxy) is 2. The van der Waals surface area contributed by atoms with Crippen LogP contribution in [0.2, 0.25) is 0 Å². The molecule has 1 saturated heterocycles. The maximum absolute atomic E-state index is 5.17. The molecule has 1 aliphatic heterocycles. The van der Waals surface area contributed by atoms with Crippen molar-refractivity contribution in [2.45, 2.75) is 18.8 Å². The van der Waals surface area contributed by atoms with Crippen LogP contribution in [0.25, 0.3) is 11.4 Å². The highest BCUT2D eigenvalue weighted by atomic mass is 16.5. The van der Waals surface area contributed by atoms with Gasteiger partial charge in [-0.2, -0.15) is 9.97 Å². The maximum atomic E-state index is 5.17. The lowest BCUT2D eigenvalue weighted by molar-refractivity contribution is 0.338. The predicted molar refractivity (Wildman–Crippen MR) is 101 cm³/mol. The molecule has 10 heteroatoms. The molecular weight excluding hydrogens is 360 g/mol. The van der Waals surface area contributed by atoms with E-state index in [1.165, 1.54) is 14.2 Å². The number of piperidine rings is 1. The number of methoxy groups -OCH3 is 2. The molecule has 0 N–H and O–H groups in total. The number of hydrogen-bond acceptors (Lipinski definition) is 9. The fourth-order valence-electron chi connectivity index (χ4n) is 3.36. The molecule has 0 saturated carbocycles. The first-order chi connectivity index (χ1) is 13.7. The summed E-state index contributed by atoms with van der Waals surface area (Å²) in [6.07, 6.45) is 9.18. The summed E-state index contributed by atoms with van der Waals surface area (Å²) >= 11 is 0. The second-order valence-corrected chi connectivity index (χ2v) is 6.61. The van der Waals surface area contributed by atoms with Crippen molar-refractivity contribution in [3.8, 4) is 23.4 Å². The number of aromatic nitrogens is 7. The molecule has 4 rings (SSSR count). The van der Waals surface area contributed by atoms with E-state index < -0.39 is 0 Å². The SMILES string of the molecule is COc1nc(OC)nc(N2CCCC(c3cncc(-c4cncn4C)n3)C2)n1. The molecule has 0 radical (unpaired) electrons. The smallest absolute Gasteiger partial charge is 0.324 e. The van der Waals surface area contributed by atoms with Crippen molar-refractivity contribution in [1.29, 1.82) is 0 Å². The van der Waals surface area contributed by atoms with E-state index in [2.05, 4.69) is 29.8 Å². The van der Waals surface area contributed by atoms with Crippen LogP contribution >= 0.6 is 0 Å². The summed E-state index contributed by atoms with van der Waals surface area (Å²) in [4.78, 5) is 28.3. The Hall–Kier alpha value is -3.30. The van der Waals surface area contributed by atoms with E-state index in [4.69, 9.17) is 14.5 Å². The zero-order valence-electron chi connectivity index (χ0n) is 16.1. The molecule has 1 aliphatic rings. The fraction of sp³-hybridized carbons (Fsp3) is 0.444. The molecule has 0 aliphatic carbocycles. The van der Waals surface area contributed by atoms with Crippen LogP contribution in [0.1, 0.15) is 24.5 Å². The van der Waals surface area contributed by atoms with Gasteiger partial charge in [0.15, 0.2) is 0 Å². The van der Waals surface area contributed by atoms with Crippen LogP contribution in [0.15, 0.2) is 24.9 Å². The van der Waals surface area contributed by atoms with Crippen LogP contribution in [-0.4, -0.2) is 61.8 Å². The summed E-state index contributed by atoms with van der Waals surface area (Å²) in [5.41, 5.74) is 2.71. The van der Waals surface area contributed by atoms with Gasteiger partial charge in [0.1, 0.15) is 5.69 Å². The Bertz CT molecular complexity index is 938. The quantitative estimate of drug-likeness (QED) is 0.648. The molecule has 0 spiro atoms. The van der Waals surface area contributed by atoms with Gasteiger partial charge in [0, 0.05) is 32.3 Å². The molecular formula is C18H22N8O2.